The lowest BCUT2D eigenvalue weighted by molar-refractivity contribution is 0.868. The van der Waals surface area contributed by atoms with Crippen molar-refractivity contribution in [2.75, 3.05) is 0 Å². The fraction of sp³-hybridized carbons (Fsp3) is 0.385. The molecule has 0 saturated heterocycles. The third kappa shape index (κ3) is 1.33. The second-order valence-electron chi connectivity index (χ2n) is 4.33. The Labute approximate surface area is 85.1 Å². The van der Waals surface area contributed by atoms with E-state index in [9.17, 15) is 0 Å². The van der Waals surface area contributed by atoms with Crippen LogP contribution < -0.4 is 0 Å². The van der Waals surface area contributed by atoms with Crippen molar-refractivity contribution in [1.82, 2.24) is 4.98 Å². The second kappa shape index (κ2) is 3.16. The second-order valence-corrected chi connectivity index (χ2v) is 4.33. The third-order valence-corrected chi connectivity index (χ3v) is 3.00. The number of aromatic nitrogens is 1. The van der Waals surface area contributed by atoms with Gasteiger partial charge in [-0.1, -0.05) is 19.9 Å². The van der Waals surface area contributed by atoms with Crippen LogP contribution in [0.4, 0.5) is 0 Å². The van der Waals surface area contributed by atoms with E-state index in [1.807, 2.05) is 0 Å². The number of rotatable bonds is 1. The van der Waals surface area contributed by atoms with Crippen LogP contribution in [0.15, 0.2) is 18.2 Å². The zero-order chi connectivity index (χ0) is 10.3. The van der Waals surface area contributed by atoms with Gasteiger partial charge in [-0.15, -0.1) is 0 Å². The van der Waals surface area contributed by atoms with Crippen LogP contribution in [-0.4, -0.2) is 4.98 Å². The highest BCUT2D eigenvalue weighted by molar-refractivity contribution is 5.85. The van der Waals surface area contributed by atoms with E-state index in [2.05, 4.69) is 50.9 Å². The molecule has 0 saturated carbocycles. The van der Waals surface area contributed by atoms with Gasteiger partial charge in [-0.2, -0.15) is 0 Å². The molecule has 0 bridgehead atoms. The van der Waals surface area contributed by atoms with E-state index < -0.39 is 0 Å². The normalized spacial score (nSPS) is 11.5. The molecule has 1 aromatic heterocycles. The fourth-order valence-electron chi connectivity index (χ4n) is 1.84. The minimum atomic E-state index is 0.606. The number of benzene rings is 1. The van der Waals surface area contributed by atoms with Gasteiger partial charge in [0.25, 0.3) is 0 Å². The lowest BCUT2D eigenvalue weighted by Gasteiger charge is -2.04. The predicted octanol–water partition coefficient (Wildman–Crippen LogP) is 3.91. The van der Waals surface area contributed by atoms with Gasteiger partial charge in [-0.05, 0) is 43.0 Å². The number of H-pyrrole nitrogens is 1. The van der Waals surface area contributed by atoms with Crippen LogP contribution in [0, 0.1) is 13.8 Å². The molecular weight excluding hydrogens is 170 g/mol. The molecule has 2 aromatic rings. The maximum atomic E-state index is 3.39. The molecule has 74 valence electrons. The first-order valence-corrected chi connectivity index (χ1v) is 5.18. The van der Waals surface area contributed by atoms with Crippen LogP contribution >= 0.6 is 0 Å². The van der Waals surface area contributed by atoms with Gasteiger partial charge in [-0.25, -0.2) is 0 Å². The van der Waals surface area contributed by atoms with E-state index >= 15 is 0 Å². The number of nitrogens with one attached hydrogen (secondary N) is 1. The highest BCUT2D eigenvalue weighted by Gasteiger charge is 2.06. The van der Waals surface area contributed by atoms with Gasteiger partial charge < -0.3 is 4.98 Å². The number of fused-ring (bicyclic) bond motifs is 1. The molecular formula is C13H17N. The summed E-state index contributed by atoms with van der Waals surface area (Å²) in [7, 11) is 0. The Bertz CT molecular complexity index is 463. The molecule has 1 N–H and O–H groups in total. The summed E-state index contributed by atoms with van der Waals surface area (Å²) in [5.41, 5.74) is 5.33. The highest BCUT2D eigenvalue weighted by Crippen LogP contribution is 2.25. The standard InChI is InChI=1S/C13H17N/c1-8(2)11-5-6-13-12(7-11)9(3)10(4)14-13/h5-8,14H,1-4H3. The van der Waals surface area contributed by atoms with Crippen LogP contribution in [0.3, 0.4) is 0 Å². The monoisotopic (exact) mass is 187 g/mol. The zero-order valence-electron chi connectivity index (χ0n) is 9.31. The first-order chi connectivity index (χ1) is 6.59. The Hall–Kier alpha value is -1.24. The smallest absolute Gasteiger partial charge is 0.0458 e. The van der Waals surface area contributed by atoms with Gasteiger partial charge in [0.05, 0.1) is 0 Å². The number of aromatic amines is 1. The van der Waals surface area contributed by atoms with Crippen LogP contribution in [-0.2, 0) is 0 Å². The van der Waals surface area contributed by atoms with E-state index in [4.69, 9.17) is 0 Å². The van der Waals surface area contributed by atoms with Gasteiger partial charge in [0, 0.05) is 16.6 Å². The third-order valence-electron chi connectivity index (χ3n) is 3.00. The zero-order valence-corrected chi connectivity index (χ0v) is 9.31. The Morgan fingerprint density at radius 1 is 1.14 bits per heavy atom. The summed E-state index contributed by atoms with van der Waals surface area (Å²) in [5.74, 6) is 0.606. The largest absolute Gasteiger partial charge is 0.358 e. The topological polar surface area (TPSA) is 15.8 Å². The fourth-order valence-corrected chi connectivity index (χ4v) is 1.84. The summed E-state index contributed by atoms with van der Waals surface area (Å²) in [5, 5.41) is 1.37. The summed E-state index contributed by atoms with van der Waals surface area (Å²) in [6.45, 7) is 8.77. The molecule has 1 heterocycles. The SMILES string of the molecule is Cc1[nH]c2ccc(C(C)C)cc2c1C. The maximum absolute atomic E-state index is 3.39. The van der Waals surface area contributed by atoms with Crippen LogP contribution in [0.2, 0.25) is 0 Å². The molecule has 0 aliphatic heterocycles. The summed E-state index contributed by atoms with van der Waals surface area (Å²) in [6.07, 6.45) is 0. The molecule has 1 heteroatoms. The van der Waals surface area contributed by atoms with Crippen molar-refractivity contribution in [3.63, 3.8) is 0 Å². The molecule has 0 amide bonds. The number of hydrogen-bond donors (Lipinski definition) is 1. The van der Waals surface area contributed by atoms with Crippen LogP contribution in [0.1, 0.15) is 36.6 Å². The van der Waals surface area contributed by atoms with Crippen molar-refractivity contribution >= 4 is 10.9 Å². The Balaban J connectivity index is 2.69. The minimum absolute atomic E-state index is 0.606. The van der Waals surface area contributed by atoms with E-state index in [1.165, 1.54) is 27.7 Å². The lowest BCUT2D eigenvalue weighted by Crippen LogP contribution is -1.85. The Morgan fingerprint density at radius 3 is 2.50 bits per heavy atom. The van der Waals surface area contributed by atoms with Crippen molar-refractivity contribution in [3.8, 4) is 0 Å². The number of aryl methyl sites for hydroxylation is 2. The summed E-state index contributed by atoms with van der Waals surface area (Å²) in [4.78, 5) is 3.39. The van der Waals surface area contributed by atoms with Crippen molar-refractivity contribution in [3.05, 3.63) is 35.0 Å². The van der Waals surface area contributed by atoms with Crippen molar-refractivity contribution in [2.45, 2.75) is 33.6 Å². The molecule has 0 aliphatic rings. The van der Waals surface area contributed by atoms with E-state index in [1.54, 1.807) is 0 Å². The average molecular weight is 187 g/mol. The molecule has 14 heavy (non-hydrogen) atoms. The van der Waals surface area contributed by atoms with Crippen LogP contribution in [0.25, 0.3) is 10.9 Å². The van der Waals surface area contributed by atoms with E-state index in [-0.39, 0.29) is 0 Å². The first-order valence-electron chi connectivity index (χ1n) is 5.18. The van der Waals surface area contributed by atoms with Gasteiger partial charge in [0.1, 0.15) is 0 Å². The molecule has 2 rings (SSSR count). The molecule has 1 nitrogen and oxygen atoms in total. The van der Waals surface area contributed by atoms with Crippen molar-refractivity contribution in [2.24, 2.45) is 0 Å². The summed E-state index contributed by atoms with van der Waals surface area (Å²) < 4.78 is 0. The predicted molar refractivity (Wildman–Crippen MR) is 61.9 cm³/mol. The quantitative estimate of drug-likeness (QED) is 0.696. The van der Waals surface area contributed by atoms with E-state index in [0.29, 0.717) is 5.92 Å². The molecule has 0 unspecified atom stereocenters. The molecule has 0 aliphatic carbocycles. The molecule has 0 spiro atoms. The van der Waals surface area contributed by atoms with Gasteiger partial charge >= 0.3 is 0 Å². The highest BCUT2D eigenvalue weighted by atomic mass is 14.7. The molecule has 1 aromatic carbocycles. The minimum Gasteiger partial charge on any atom is -0.358 e. The van der Waals surface area contributed by atoms with Gasteiger partial charge in [-0.3, -0.25) is 0 Å². The first kappa shape index (κ1) is 9.32. The molecule has 0 radical (unpaired) electrons. The lowest BCUT2D eigenvalue weighted by atomic mass is 10.0. The molecule has 0 fully saturated rings. The summed E-state index contributed by atoms with van der Waals surface area (Å²) >= 11 is 0. The Kier molecular flexibility index (Phi) is 2.10. The average Bonchev–Trinajstić information content (AvgIpc) is 2.43. The Morgan fingerprint density at radius 2 is 1.86 bits per heavy atom. The molecule has 0 atom stereocenters. The van der Waals surface area contributed by atoms with Crippen molar-refractivity contribution < 1.29 is 0 Å². The van der Waals surface area contributed by atoms with E-state index in [0.717, 1.165) is 0 Å². The van der Waals surface area contributed by atoms with Crippen LogP contribution in [0.5, 0.6) is 0 Å². The van der Waals surface area contributed by atoms with Gasteiger partial charge in [0.2, 0.25) is 0 Å². The van der Waals surface area contributed by atoms with Crippen molar-refractivity contribution in [1.29, 1.82) is 0 Å². The summed E-state index contributed by atoms with van der Waals surface area (Å²) in [6, 6.07) is 6.70. The number of hydrogen-bond acceptors (Lipinski definition) is 0. The maximum Gasteiger partial charge on any atom is 0.0458 e. The van der Waals surface area contributed by atoms with Gasteiger partial charge in [0.15, 0.2) is 0 Å².